The van der Waals surface area contributed by atoms with Gasteiger partial charge in [-0.25, -0.2) is 4.79 Å². The molecule has 3 heterocycles. The molecular weight excluding hydrogens is 357 g/mol. The Labute approximate surface area is 166 Å². The summed E-state index contributed by atoms with van der Waals surface area (Å²) in [7, 11) is -0.379. The molecule has 2 bridgehead atoms. The molecule has 0 saturated carbocycles. The second-order valence-corrected chi connectivity index (χ2v) is 8.74. The summed E-state index contributed by atoms with van der Waals surface area (Å²) in [5, 5.41) is 0. The van der Waals surface area contributed by atoms with Crippen molar-refractivity contribution in [2.45, 2.75) is 64.0 Å². The summed E-state index contributed by atoms with van der Waals surface area (Å²) in [6, 6.07) is 9.48. The van der Waals surface area contributed by atoms with E-state index < -0.39 is 0 Å². The average Bonchev–Trinajstić information content (AvgIpc) is 2.87. The van der Waals surface area contributed by atoms with Crippen LogP contribution in [0.2, 0.25) is 0 Å². The number of hydrogen-bond acceptors (Lipinski definition) is 5. The number of ether oxygens (including phenoxy) is 2. The van der Waals surface area contributed by atoms with Gasteiger partial charge in [0.2, 0.25) is 0 Å². The Morgan fingerprint density at radius 3 is 2.46 bits per heavy atom. The predicted molar refractivity (Wildman–Crippen MR) is 106 cm³/mol. The summed E-state index contributed by atoms with van der Waals surface area (Å²) >= 11 is 0. The van der Waals surface area contributed by atoms with Gasteiger partial charge in [-0.05, 0) is 45.2 Å². The highest BCUT2D eigenvalue weighted by Gasteiger charge is 2.54. The van der Waals surface area contributed by atoms with E-state index in [1.807, 2.05) is 58.0 Å². The maximum Gasteiger partial charge on any atom is 0.490 e. The number of nitrogens with zero attached hydrogens (tertiary/aromatic N) is 1. The number of morpholine rings is 1. The molecule has 0 N–H and O–H groups in total. The smallest absolute Gasteiger partial charge is 0.445 e. The maximum atomic E-state index is 12.8. The van der Waals surface area contributed by atoms with Crippen molar-refractivity contribution < 1.29 is 23.6 Å². The van der Waals surface area contributed by atoms with Gasteiger partial charge < -0.3 is 18.8 Å². The monoisotopic (exact) mass is 385 g/mol. The molecule has 1 aromatic carbocycles. The van der Waals surface area contributed by atoms with E-state index in [1.165, 1.54) is 0 Å². The van der Waals surface area contributed by atoms with Crippen molar-refractivity contribution in [1.82, 2.24) is 4.90 Å². The van der Waals surface area contributed by atoms with Crippen LogP contribution in [0.5, 0.6) is 0 Å². The van der Waals surface area contributed by atoms with Crippen molar-refractivity contribution in [2.75, 3.05) is 13.2 Å². The maximum absolute atomic E-state index is 12.8. The van der Waals surface area contributed by atoms with Crippen molar-refractivity contribution in [3.8, 4) is 0 Å². The minimum atomic E-state index is -0.379. The second-order valence-electron chi connectivity index (χ2n) is 8.74. The fourth-order valence-electron chi connectivity index (χ4n) is 3.88. The molecule has 2 fully saturated rings. The SMILES string of the molecule is CC1(C)OB(C2=CC3COCC(C2)N3C(=O)OCc2ccccc2)OC1(C)C. The molecular formula is C21H28BNO5. The second kappa shape index (κ2) is 7.21. The van der Waals surface area contributed by atoms with E-state index in [2.05, 4.69) is 6.08 Å². The molecule has 150 valence electrons. The van der Waals surface area contributed by atoms with Crippen LogP contribution >= 0.6 is 0 Å². The van der Waals surface area contributed by atoms with Crippen molar-refractivity contribution in [3.05, 3.63) is 47.4 Å². The number of hydrogen-bond donors (Lipinski definition) is 0. The minimum absolute atomic E-state index is 0.0685. The fourth-order valence-corrected chi connectivity index (χ4v) is 3.88. The lowest BCUT2D eigenvalue weighted by Crippen LogP contribution is -2.57. The number of benzene rings is 1. The third-order valence-corrected chi connectivity index (χ3v) is 6.20. The number of amides is 1. The summed E-state index contributed by atoms with van der Waals surface area (Å²) in [5.41, 5.74) is 1.30. The molecule has 3 aliphatic rings. The Kier molecular flexibility index (Phi) is 5.02. The van der Waals surface area contributed by atoms with E-state index in [0.29, 0.717) is 19.6 Å². The van der Waals surface area contributed by atoms with Gasteiger partial charge in [-0.3, -0.25) is 4.90 Å². The summed E-state index contributed by atoms with van der Waals surface area (Å²) in [6.07, 6.45) is 2.42. The van der Waals surface area contributed by atoms with Crippen molar-refractivity contribution in [3.63, 3.8) is 0 Å². The quantitative estimate of drug-likeness (QED) is 0.747. The van der Waals surface area contributed by atoms with Gasteiger partial charge in [0.05, 0.1) is 36.5 Å². The van der Waals surface area contributed by atoms with E-state index in [1.54, 1.807) is 4.90 Å². The first-order valence-corrected chi connectivity index (χ1v) is 9.90. The molecule has 7 heteroatoms. The third-order valence-electron chi connectivity index (χ3n) is 6.20. The first kappa shape index (κ1) is 19.5. The van der Waals surface area contributed by atoms with Crippen LogP contribution in [0.15, 0.2) is 41.9 Å². The van der Waals surface area contributed by atoms with E-state index in [4.69, 9.17) is 18.8 Å². The molecule has 1 aromatic rings. The van der Waals surface area contributed by atoms with Gasteiger partial charge in [0.15, 0.2) is 0 Å². The lowest BCUT2D eigenvalue weighted by molar-refractivity contribution is -0.0368. The molecule has 6 nitrogen and oxygen atoms in total. The van der Waals surface area contributed by atoms with Crippen LogP contribution < -0.4 is 0 Å². The van der Waals surface area contributed by atoms with Gasteiger partial charge in [0, 0.05) is 0 Å². The van der Waals surface area contributed by atoms with Gasteiger partial charge in [0.1, 0.15) is 6.61 Å². The van der Waals surface area contributed by atoms with Crippen LogP contribution in [0.4, 0.5) is 4.79 Å². The Morgan fingerprint density at radius 1 is 1.14 bits per heavy atom. The molecule has 1 amide bonds. The Bertz CT molecular complexity index is 747. The topological polar surface area (TPSA) is 57.2 Å². The molecule has 28 heavy (non-hydrogen) atoms. The van der Waals surface area contributed by atoms with Gasteiger partial charge in [-0.1, -0.05) is 36.4 Å². The summed E-state index contributed by atoms with van der Waals surface area (Å²) in [6.45, 7) is 9.42. The highest BCUT2D eigenvalue weighted by molar-refractivity contribution is 6.54. The number of carbonyl (C=O) groups is 1. The minimum Gasteiger partial charge on any atom is -0.445 e. The molecule has 2 atom stereocenters. The summed E-state index contributed by atoms with van der Waals surface area (Å²) in [5.74, 6) is 0. The van der Waals surface area contributed by atoms with Gasteiger partial charge in [-0.15, -0.1) is 0 Å². The van der Waals surface area contributed by atoms with Gasteiger partial charge >= 0.3 is 13.2 Å². The van der Waals surface area contributed by atoms with Crippen LogP contribution in [0.3, 0.4) is 0 Å². The van der Waals surface area contributed by atoms with Crippen molar-refractivity contribution >= 4 is 13.2 Å². The predicted octanol–water partition coefficient (Wildman–Crippen LogP) is 3.35. The zero-order chi connectivity index (χ0) is 19.9. The number of carbonyl (C=O) groups excluding carboxylic acids is 1. The largest absolute Gasteiger partial charge is 0.490 e. The lowest BCUT2D eigenvalue weighted by atomic mass is 9.71. The molecule has 4 rings (SSSR count). The first-order chi connectivity index (χ1) is 13.3. The normalized spacial score (nSPS) is 28.1. The first-order valence-electron chi connectivity index (χ1n) is 9.90. The molecule has 3 aliphatic heterocycles. The Morgan fingerprint density at radius 2 is 1.82 bits per heavy atom. The average molecular weight is 385 g/mol. The van der Waals surface area contributed by atoms with Crippen LogP contribution in [-0.2, 0) is 25.4 Å². The van der Waals surface area contributed by atoms with E-state index in [0.717, 1.165) is 11.0 Å². The Hall–Kier alpha value is -1.83. The van der Waals surface area contributed by atoms with Crippen molar-refractivity contribution in [1.29, 1.82) is 0 Å². The van der Waals surface area contributed by atoms with Crippen LogP contribution in [-0.4, -0.2) is 54.6 Å². The fraction of sp³-hybridized carbons (Fsp3) is 0.571. The molecule has 0 aliphatic carbocycles. The Balaban J connectivity index is 1.46. The van der Waals surface area contributed by atoms with E-state index in [9.17, 15) is 4.79 Å². The summed E-state index contributed by atoms with van der Waals surface area (Å²) < 4.78 is 23.7. The van der Waals surface area contributed by atoms with Gasteiger partial charge in [0.25, 0.3) is 0 Å². The van der Waals surface area contributed by atoms with Gasteiger partial charge in [-0.2, -0.15) is 0 Å². The lowest BCUT2D eigenvalue weighted by Gasteiger charge is -2.44. The van der Waals surface area contributed by atoms with Crippen LogP contribution in [0.1, 0.15) is 39.7 Å². The molecule has 0 spiro atoms. The van der Waals surface area contributed by atoms with Crippen LogP contribution in [0, 0.1) is 0 Å². The third kappa shape index (κ3) is 3.59. The molecule has 0 aromatic heterocycles. The zero-order valence-corrected chi connectivity index (χ0v) is 17.0. The molecule has 2 saturated heterocycles. The standard InChI is InChI=1S/C21H28BNO5/c1-20(2)21(3,4)28-22(27-20)16-10-17-13-25-14-18(11-16)23(17)19(24)26-12-15-8-6-5-7-9-15/h5-10,17-18H,11-14H2,1-4H3. The number of fused-ring (bicyclic) bond motifs is 2. The zero-order valence-electron chi connectivity index (χ0n) is 17.0. The summed E-state index contributed by atoms with van der Waals surface area (Å²) in [4.78, 5) is 14.6. The molecule has 0 radical (unpaired) electrons. The highest BCUT2D eigenvalue weighted by atomic mass is 16.7. The highest BCUT2D eigenvalue weighted by Crippen LogP contribution is 2.41. The van der Waals surface area contributed by atoms with Crippen LogP contribution in [0.25, 0.3) is 0 Å². The number of rotatable bonds is 3. The van der Waals surface area contributed by atoms with E-state index >= 15 is 0 Å². The van der Waals surface area contributed by atoms with Crippen molar-refractivity contribution in [2.24, 2.45) is 0 Å². The molecule has 2 unspecified atom stereocenters. The van der Waals surface area contributed by atoms with E-state index in [-0.39, 0.29) is 43.1 Å².